The third-order valence-electron chi connectivity index (χ3n) is 3.12. The number of hydrogen-bond acceptors (Lipinski definition) is 5. The number of hydrogen-bond donors (Lipinski definition) is 1. The van der Waals surface area contributed by atoms with Crippen LogP contribution in [0.25, 0.3) is 0 Å². The van der Waals surface area contributed by atoms with Crippen LogP contribution in [0.3, 0.4) is 0 Å². The summed E-state index contributed by atoms with van der Waals surface area (Å²) in [6.45, 7) is 2.10. The van der Waals surface area contributed by atoms with Crippen LogP contribution in [-0.2, 0) is 0 Å². The van der Waals surface area contributed by atoms with Gasteiger partial charge < -0.3 is 5.32 Å². The Bertz CT molecular complexity index is 662. The fraction of sp³-hybridized carbons (Fsp3) is 0.267. The summed E-state index contributed by atoms with van der Waals surface area (Å²) in [5, 5.41) is 25.2. The monoisotopic (exact) mass is 301 g/mol. The van der Waals surface area contributed by atoms with Gasteiger partial charge in [-0.2, -0.15) is 5.26 Å². The van der Waals surface area contributed by atoms with Crippen LogP contribution < -0.4 is 5.32 Å². The Morgan fingerprint density at radius 3 is 2.86 bits per heavy atom. The van der Waals surface area contributed by atoms with E-state index in [0.717, 1.165) is 12.8 Å². The average Bonchev–Trinajstić information content (AvgIpc) is 3.00. The topological polar surface area (TPSA) is 79.0 Å². The molecule has 108 valence electrons. The lowest BCUT2D eigenvalue weighted by Gasteiger charge is -2.18. The lowest BCUT2D eigenvalue weighted by molar-refractivity contribution is -0.385. The predicted molar refractivity (Wildman–Crippen MR) is 83.4 cm³/mol. The van der Waals surface area contributed by atoms with Gasteiger partial charge in [-0.1, -0.05) is 19.4 Å². The third kappa shape index (κ3) is 3.58. The molecule has 0 radical (unpaired) electrons. The molecule has 1 aromatic carbocycles. The molecule has 0 saturated heterocycles. The van der Waals surface area contributed by atoms with Gasteiger partial charge in [-0.25, -0.2) is 0 Å². The zero-order valence-corrected chi connectivity index (χ0v) is 12.4. The molecule has 1 atom stereocenters. The van der Waals surface area contributed by atoms with Gasteiger partial charge in [-0.05, 0) is 30.0 Å². The minimum Gasteiger partial charge on any atom is -0.377 e. The summed E-state index contributed by atoms with van der Waals surface area (Å²) in [4.78, 5) is 11.7. The molecule has 5 nitrogen and oxygen atoms in total. The van der Waals surface area contributed by atoms with E-state index in [4.69, 9.17) is 5.26 Å². The Morgan fingerprint density at radius 1 is 1.48 bits per heavy atom. The van der Waals surface area contributed by atoms with Crippen LogP contribution in [0, 0.1) is 21.4 Å². The molecule has 0 saturated carbocycles. The van der Waals surface area contributed by atoms with Gasteiger partial charge in [0.2, 0.25) is 0 Å². The Labute approximate surface area is 127 Å². The summed E-state index contributed by atoms with van der Waals surface area (Å²) < 4.78 is 0. The molecule has 2 rings (SSSR count). The van der Waals surface area contributed by atoms with Crippen molar-refractivity contribution in [3.8, 4) is 6.07 Å². The van der Waals surface area contributed by atoms with E-state index in [1.807, 2.05) is 17.5 Å². The van der Waals surface area contributed by atoms with Gasteiger partial charge in [0.25, 0.3) is 5.69 Å². The zero-order valence-electron chi connectivity index (χ0n) is 11.6. The Hall–Kier alpha value is -2.39. The minimum absolute atomic E-state index is 0.0775. The average molecular weight is 301 g/mol. The molecule has 0 amide bonds. The fourth-order valence-electron chi connectivity index (χ4n) is 2.13. The lowest BCUT2D eigenvalue weighted by atomic mass is 10.1. The van der Waals surface area contributed by atoms with E-state index in [9.17, 15) is 10.1 Å². The molecule has 21 heavy (non-hydrogen) atoms. The quantitative estimate of drug-likeness (QED) is 0.630. The molecule has 1 heterocycles. The first-order valence-corrected chi connectivity index (χ1v) is 7.52. The van der Waals surface area contributed by atoms with Gasteiger partial charge in [0.05, 0.1) is 11.0 Å². The highest BCUT2D eigenvalue weighted by atomic mass is 32.1. The molecule has 0 spiro atoms. The molecule has 2 aromatic rings. The Morgan fingerprint density at radius 2 is 2.29 bits per heavy atom. The number of thiophene rings is 1. The van der Waals surface area contributed by atoms with E-state index in [1.54, 1.807) is 17.4 Å². The summed E-state index contributed by atoms with van der Waals surface area (Å²) in [6.07, 6.45) is 1.95. The number of benzene rings is 1. The number of nitriles is 1. The maximum atomic E-state index is 11.0. The molecular weight excluding hydrogens is 286 g/mol. The van der Waals surface area contributed by atoms with Crippen LogP contribution in [0.4, 0.5) is 11.4 Å². The second-order valence-electron chi connectivity index (χ2n) is 4.60. The SMILES string of the molecule is CCCC(Nc1ccc(C#N)c([N+](=O)[O-])c1)c1cccs1. The highest BCUT2D eigenvalue weighted by Gasteiger charge is 2.17. The van der Waals surface area contributed by atoms with Gasteiger partial charge >= 0.3 is 0 Å². The number of nitro groups is 1. The van der Waals surface area contributed by atoms with E-state index >= 15 is 0 Å². The van der Waals surface area contributed by atoms with Crippen molar-refractivity contribution >= 4 is 22.7 Å². The predicted octanol–water partition coefficient (Wildman–Crippen LogP) is 4.48. The second-order valence-corrected chi connectivity index (χ2v) is 5.58. The number of rotatable bonds is 6. The molecule has 0 aliphatic carbocycles. The molecule has 0 bridgehead atoms. The highest BCUT2D eigenvalue weighted by molar-refractivity contribution is 7.10. The lowest BCUT2D eigenvalue weighted by Crippen LogP contribution is -2.09. The zero-order chi connectivity index (χ0) is 15.2. The number of nitrogens with zero attached hydrogens (tertiary/aromatic N) is 2. The number of nitro benzene ring substituents is 1. The van der Waals surface area contributed by atoms with Crippen molar-refractivity contribution in [3.63, 3.8) is 0 Å². The molecule has 0 aliphatic rings. The van der Waals surface area contributed by atoms with Gasteiger partial charge in [-0.15, -0.1) is 11.3 Å². The van der Waals surface area contributed by atoms with E-state index in [0.29, 0.717) is 5.69 Å². The van der Waals surface area contributed by atoms with Gasteiger partial charge in [0, 0.05) is 16.6 Å². The minimum atomic E-state index is -0.524. The maximum absolute atomic E-state index is 11.0. The van der Waals surface area contributed by atoms with Crippen molar-refractivity contribution < 1.29 is 4.92 Å². The van der Waals surface area contributed by atoms with E-state index in [1.165, 1.54) is 17.0 Å². The summed E-state index contributed by atoms with van der Waals surface area (Å²) in [7, 11) is 0. The van der Waals surface area contributed by atoms with Crippen molar-refractivity contribution in [2.75, 3.05) is 5.32 Å². The Kier molecular flexibility index (Phi) is 4.90. The van der Waals surface area contributed by atoms with Gasteiger partial charge in [-0.3, -0.25) is 10.1 Å². The van der Waals surface area contributed by atoms with E-state index in [2.05, 4.69) is 18.3 Å². The van der Waals surface area contributed by atoms with Gasteiger partial charge in [0.1, 0.15) is 11.6 Å². The van der Waals surface area contributed by atoms with Crippen molar-refractivity contribution in [2.24, 2.45) is 0 Å². The summed E-state index contributed by atoms with van der Waals surface area (Å²) in [5.41, 5.74) is 0.574. The van der Waals surface area contributed by atoms with Crippen LogP contribution in [0.2, 0.25) is 0 Å². The first kappa shape index (κ1) is 15.0. The number of nitrogens with one attached hydrogen (secondary N) is 1. The summed E-state index contributed by atoms with van der Waals surface area (Å²) in [6, 6.07) is 10.6. The molecule has 0 aliphatic heterocycles. The standard InChI is InChI=1S/C15H15N3O2S/c1-2-4-13(15-5-3-8-21-15)17-12-7-6-11(10-16)14(9-12)18(19)20/h3,5-9,13,17H,2,4H2,1H3. The molecule has 0 fully saturated rings. The molecule has 1 aromatic heterocycles. The van der Waals surface area contributed by atoms with Crippen LogP contribution in [-0.4, -0.2) is 4.92 Å². The Balaban J connectivity index is 2.27. The summed E-state index contributed by atoms with van der Waals surface area (Å²) in [5.74, 6) is 0. The van der Waals surface area contributed by atoms with E-state index in [-0.39, 0.29) is 17.3 Å². The van der Waals surface area contributed by atoms with Crippen LogP contribution in [0.15, 0.2) is 35.7 Å². The normalized spacial score (nSPS) is 11.6. The fourth-order valence-corrected chi connectivity index (χ4v) is 2.94. The third-order valence-corrected chi connectivity index (χ3v) is 4.11. The molecular formula is C15H15N3O2S. The van der Waals surface area contributed by atoms with Crippen molar-refractivity contribution in [3.05, 3.63) is 56.3 Å². The molecule has 6 heteroatoms. The van der Waals surface area contributed by atoms with Gasteiger partial charge in [0.15, 0.2) is 0 Å². The summed E-state index contributed by atoms with van der Waals surface area (Å²) >= 11 is 1.66. The van der Waals surface area contributed by atoms with Crippen molar-refractivity contribution in [1.29, 1.82) is 5.26 Å². The number of anilines is 1. The smallest absolute Gasteiger partial charge is 0.289 e. The first-order valence-electron chi connectivity index (χ1n) is 6.64. The van der Waals surface area contributed by atoms with Crippen molar-refractivity contribution in [2.45, 2.75) is 25.8 Å². The first-order chi connectivity index (χ1) is 10.2. The molecule has 1 unspecified atom stereocenters. The van der Waals surface area contributed by atoms with E-state index < -0.39 is 4.92 Å². The highest BCUT2D eigenvalue weighted by Crippen LogP contribution is 2.30. The van der Waals surface area contributed by atoms with Crippen LogP contribution in [0.1, 0.15) is 36.2 Å². The van der Waals surface area contributed by atoms with Crippen LogP contribution in [0.5, 0.6) is 0 Å². The largest absolute Gasteiger partial charge is 0.377 e. The van der Waals surface area contributed by atoms with Crippen LogP contribution >= 0.6 is 11.3 Å². The second kappa shape index (κ2) is 6.86. The maximum Gasteiger partial charge on any atom is 0.289 e. The van der Waals surface area contributed by atoms with Crippen molar-refractivity contribution in [1.82, 2.24) is 0 Å². The molecule has 1 N–H and O–H groups in total.